The van der Waals surface area contributed by atoms with Gasteiger partial charge in [-0.3, -0.25) is 23.7 Å². The molecule has 1 amide bonds. The SMILES string of the molecule is CC(C)Cn1c(=O)n(C)c(=O)c2c(C(=O)N3CC[C@@H](O)C3)c(Cc3cncc4ccccc34)sc21. The Morgan fingerprint density at radius 3 is 2.71 bits per heavy atom. The quantitative estimate of drug-likeness (QED) is 0.462. The van der Waals surface area contributed by atoms with Crippen molar-refractivity contribution in [3.05, 3.63) is 73.5 Å². The topological polar surface area (TPSA) is 97.4 Å². The zero-order valence-electron chi connectivity index (χ0n) is 20.0. The van der Waals surface area contributed by atoms with Crippen LogP contribution in [0.15, 0.2) is 46.2 Å². The van der Waals surface area contributed by atoms with Gasteiger partial charge in [-0.1, -0.05) is 38.1 Å². The number of fused-ring (bicyclic) bond motifs is 2. The first-order chi connectivity index (χ1) is 16.8. The second kappa shape index (κ2) is 9.05. The van der Waals surface area contributed by atoms with Crippen LogP contribution in [0.25, 0.3) is 21.0 Å². The van der Waals surface area contributed by atoms with Crippen molar-refractivity contribution < 1.29 is 9.90 Å². The molecule has 0 unspecified atom stereocenters. The lowest BCUT2D eigenvalue weighted by atomic mass is 10.0. The zero-order valence-corrected chi connectivity index (χ0v) is 20.8. The van der Waals surface area contributed by atoms with Gasteiger partial charge in [0.15, 0.2) is 0 Å². The number of thiophene rings is 1. The molecule has 4 aromatic rings. The van der Waals surface area contributed by atoms with Gasteiger partial charge < -0.3 is 10.0 Å². The summed E-state index contributed by atoms with van der Waals surface area (Å²) >= 11 is 1.33. The molecule has 1 fully saturated rings. The van der Waals surface area contributed by atoms with Crippen molar-refractivity contribution in [3.8, 4) is 0 Å². The predicted molar refractivity (Wildman–Crippen MR) is 137 cm³/mol. The third-order valence-electron chi connectivity index (χ3n) is 6.56. The van der Waals surface area contributed by atoms with E-state index in [1.165, 1.54) is 18.4 Å². The molecule has 0 saturated carbocycles. The molecule has 0 radical (unpaired) electrons. The second-order valence-electron chi connectivity index (χ2n) is 9.62. The lowest BCUT2D eigenvalue weighted by Crippen LogP contribution is -2.39. The van der Waals surface area contributed by atoms with Gasteiger partial charge in [0.05, 0.1) is 17.1 Å². The van der Waals surface area contributed by atoms with E-state index in [0.717, 1.165) is 25.8 Å². The zero-order chi connectivity index (χ0) is 24.9. The van der Waals surface area contributed by atoms with E-state index in [2.05, 4.69) is 4.98 Å². The highest BCUT2D eigenvalue weighted by Crippen LogP contribution is 2.34. The Bertz CT molecular complexity index is 1560. The molecule has 0 bridgehead atoms. The number of amides is 1. The third kappa shape index (κ3) is 4.08. The highest BCUT2D eigenvalue weighted by atomic mass is 32.1. The van der Waals surface area contributed by atoms with Crippen LogP contribution in [0.4, 0.5) is 0 Å². The third-order valence-corrected chi connectivity index (χ3v) is 7.77. The number of aliphatic hydroxyl groups is 1. The molecular formula is C26H28N4O4S. The van der Waals surface area contributed by atoms with Gasteiger partial charge in [-0.2, -0.15) is 0 Å². The van der Waals surface area contributed by atoms with E-state index in [-0.39, 0.29) is 29.4 Å². The fourth-order valence-electron chi connectivity index (χ4n) is 4.83. The van der Waals surface area contributed by atoms with Crippen molar-refractivity contribution in [2.45, 2.75) is 39.3 Å². The van der Waals surface area contributed by atoms with Crippen LogP contribution in [0.5, 0.6) is 0 Å². The summed E-state index contributed by atoms with van der Waals surface area (Å²) in [6.45, 7) is 5.12. The van der Waals surface area contributed by atoms with Crippen LogP contribution in [0.3, 0.4) is 0 Å². The van der Waals surface area contributed by atoms with E-state index in [9.17, 15) is 19.5 Å². The monoisotopic (exact) mass is 492 g/mol. The summed E-state index contributed by atoms with van der Waals surface area (Å²) in [5, 5.41) is 12.4. The average Bonchev–Trinajstić information content (AvgIpc) is 3.44. The molecule has 1 aliphatic heterocycles. The minimum Gasteiger partial charge on any atom is -0.391 e. The van der Waals surface area contributed by atoms with Crippen LogP contribution in [-0.4, -0.2) is 49.2 Å². The molecule has 1 aliphatic rings. The van der Waals surface area contributed by atoms with Crippen molar-refractivity contribution in [2.24, 2.45) is 13.0 Å². The molecular weight excluding hydrogens is 464 g/mol. The lowest BCUT2D eigenvalue weighted by Gasteiger charge is -2.17. The Labute approximate surface area is 206 Å². The van der Waals surface area contributed by atoms with Gasteiger partial charge in [-0.05, 0) is 23.3 Å². The van der Waals surface area contributed by atoms with E-state index in [0.29, 0.717) is 36.3 Å². The van der Waals surface area contributed by atoms with Crippen LogP contribution in [0.1, 0.15) is 41.1 Å². The summed E-state index contributed by atoms with van der Waals surface area (Å²) in [5.74, 6) is -0.100. The first-order valence-corrected chi connectivity index (χ1v) is 12.6. The summed E-state index contributed by atoms with van der Waals surface area (Å²) in [5.41, 5.74) is 0.433. The van der Waals surface area contributed by atoms with Crippen LogP contribution < -0.4 is 11.2 Å². The Kier molecular flexibility index (Phi) is 6.06. The molecule has 182 valence electrons. The summed E-state index contributed by atoms with van der Waals surface area (Å²) in [6, 6.07) is 7.93. The smallest absolute Gasteiger partial charge is 0.331 e. The molecule has 0 spiro atoms. The van der Waals surface area contributed by atoms with Gasteiger partial charge in [0, 0.05) is 55.8 Å². The summed E-state index contributed by atoms with van der Waals surface area (Å²) in [6.07, 6.45) is 3.94. The number of aliphatic hydroxyl groups excluding tert-OH is 1. The maximum atomic E-state index is 13.8. The Morgan fingerprint density at radius 1 is 1.23 bits per heavy atom. The van der Waals surface area contributed by atoms with Crippen molar-refractivity contribution >= 4 is 38.2 Å². The number of hydrogen-bond acceptors (Lipinski definition) is 6. The highest BCUT2D eigenvalue weighted by Gasteiger charge is 2.32. The Hall–Kier alpha value is -3.30. The van der Waals surface area contributed by atoms with Crippen LogP contribution in [-0.2, 0) is 20.0 Å². The molecule has 1 aromatic carbocycles. The number of β-amino-alcohol motifs (C(OH)–C–C–N with tert-alkyl or cyclic N) is 1. The molecule has 3 aromatic heterocycles. The number of rotatable bonds is 5. The maximum Gasteiger partial charge on any atom is 0.331 e. The normalized spacial score (nSPS) is 16.1. The molecule has 5 rings (SSSR count). The number of pyridine rings is 1. The number of hydrogen-bond donors (Lipinski definition) is 1. The molecule has 35 heavy (non-hydrogen) atoms. The van der Waals surface area contributed by atoms with Gasteiger partial charge in [0.2, 0.25) is 0 Å². The van der Waals surface area contributed by atoms with Crippen molar-refractivity contribution in [3.63, 3.8) is 0 Å². The fraction of sp³-hybridized carbons (Fsp3) is 0.385. The van der Waals surface area contributed by atoms with Gasteiger partial charge in [-0.25, -0.2) is 4.79 Å². The largest absolute Gasteiger partial charge is 0.391 e. The Balaban J connectivity index is 1.77. The van der Waals surface area contributed by atoms with Crippen LogP contribution in [0, 0.1) is 5.92 Å². The van der Waals surface area contributed by atoms with Gasteiger partial charge in [-0.15, -0.1) is 11.3 Å². The van der Waals surface area contributed by atoms with Gasteiger partial charge in [0.1, 0.15) is 4.83 Å². The van der Waals surface area contributed by atoms with E-state index in [1.807, 2.05) is 38.1 Å². The molecule has 4 heterocycles. The van der Waals surface area contributed by atoms with E-state index in [1.54, 1.807) is 21.9 Å². The maximum absolute atomic E-state index is 13.8. The van der Waals surface area contributed by atoms with E-state index < -0.39 is 11.7 Å². The summed E-state index contributed by atoms with van der Waals surface area (Å²) in [4.78, 5) is 47.5. The van der Waals surface area contributed by atoms with Gasteiger partial charge in [0.25, 0.3) is 11.5 Å². The number of benzene rings is 1. The van der Waals surface area contributed by atoms with Crippen LogP contribution >= 0.6 is 11.3 Å². The minimum absolute atomic E-state index is 0.175. The Morgan fingerprint density at radius 2 is 2.00 bits per heavy atom. The van der Waals surface area contributed by atoms with Crippen molar-refractivity contribution in [1.29, 1.82) is 0 Å². The summed E-state index contributed by atoms with van der Waals surface area (Å²) in [7, 11) is 1.46. The van der Waals surface area contributed by atoms with Crippen molar-refractivity contribution in [1.82, 2.24) is 19.0 Å². The standard InChI is InChI=1S/C26H28N4O4S/c1-15(2)13-30-25-22(23(32)28(3)26(30)34)21(24(33)29-9-8-18(31)14-29)20(35-25)10-17-12-27-11-16-6-4-5-7-19(16)17/h4-7,11-12,15,18,31H,8-10,13-14H2,1-3H3/t18-/m1/s1. The summed E-state index contributed by atoms with van der Waals surface area (Å²) < 4.78 is 2.71. The molecule has 0 aliphatic carbocycles. The highest BCUT2D eigenvalue weighted by molar-refractivity contribution is 7.19. The van der Waals surface area contributed by atoms with E-state index in [4.69, 9.17) is 0 Å². The number of likely N-dealkylation sites (tertiary alicyclic amines) is 1. The number of nitrogens with zero attached hydrogens (tertiary/aromatic N) is 4. The fourth-order valence-corrected chi connectivity index (χ4v) is 6.14. The predicted octanol–water partition coefficient (Wildman–Crippen LogP) is 2.76. The lowest BCUT2D eigenvalue weighted by molar-refractivity contribution is 0.0766. The van der Waals surface area contributed by atoms with Gasteiger partial charge >= 0.3 is 5.69 Å². The van der Waals surface area contributed by atoms with Crippen LogP contribution in [0.2, 0.25) is 0 Å². The average molecular weight is 493 g/mol. The molecule has 9 heteroatoms. The number of aromatic nitrogens is 3. The first kappa shape index (κ1) is 23.4. The number of carbonyl (C=O) groups excluding carboxylic acids is 1. The number of carbonyl (C=O) groups is 1. The molecule has 8 nitrogen and oxygen atoms in total. The molecule has 1 atom stereocenters. The first-order valence-electron chi connectivity index (χ1n) is 11.8. The minimum atomic E-state index is -0.573. The van der Waals surface area contributed by atoms with Crippen molar-refractivity contribution in [2.75, 3.05) is 13.1 Å². The molecule has 1 N–H and O–H groups in total. The molecule has 1 saturated heterocycles. The second-order valence-corrected chi connectivity index (χ2v) is 10.7. The van der Waals surface area contributed by atoms with E-state index >= 15 is 0 Å².